The molecule has 1 aromatic heterocycles. The van der Waals surface area contributed by atoms with Crippen molar-refractivity contribution in [1.29, 1.82) is 0 Å². The number of terminal acetylenes is 1. The number of hydrogen-bond donors (Lipinski definition) is 0. The summed E-state index contributed by atoms with van der Waals surface area (Å²) in [6.45, 7) is 0. The molecule has 13 heavy (non-hydrogen) atoms. The summed E-state index contributed by atoms with van der Waals surface area (Å²) < 4.78 is 9.48. The van der Waals surface area contributed by atoms with Gasteiger partial charge in [-0.3, -0.25) is 0 Å². The zero-order valence-corrected chi connectivity index (χ0v) is 6.98. The summed E-state index contributed by atoms with van der Waals surface area (Å²) in [6.07, 6.45) is 6.16. The first-order valence-electron chi connectivity index (χ1n) is 3.44. The highest BCUT2D eigenvalue weighted by Crippen LogP contribution is 2.12. The highest BCUT2D eigenvalue weighted by Gasteiger charge is 2.00. The molecule has 0 bridgehead atoms. The number of aromatic nitrogens is 1. The lowest BCUT2D eigenvalue weighted by Crippen LogP contribution is -2.04. The second kappa shape index (κ2) is 4.12. The molecular weight excluding hydrogens is 170 g/mol. The van der Waals surface area contributed by atoms with Crippen molar-refractivity contribution in [3.8, 4) is 24.0 Å². The van der Waals surface area contributed by atoms with Crippen molar-refractivity contribution in [3.63, 3.8) is 0 Å². The molecule has 4 nitrogen and oxygen atoms in total. The second-order valence-corrected chi connectivity index (χ2v) is 2.07. The van der Waals surface area contributed by atoms with Crippen molar-refractivity contribution in [2.24, 2.45) is 0 Å². The third-order valence-corrected chi connectivity index (χ3v) is 1.25. The van der Waals surface area contributed by atoms with Crippen LogP contribution in [0.1, 0.15) is 0 Å². The minimum Gasteiger partial charge on any atom is -0.481 e. The van der Waals surface area contributed by atoms with Crippen LogP contribution in [0, 0.1) is 12.3 Å². The zero-order valence-electron chi connectivity index (χ0n) is 6.98. The first-order valence-corrected chi connectivity index (χ1v) is 3.44. The predicted molar refractivity (Wildman–Crippen MR) is 45.3 cm³/mol. The summed E-state index contributed by atoms with van der Waals surface area (Å²) in [6, 6.07) is 3.11. The third-order valence-electron chi connectivity index (χ3n) is 1.25. The molecule has 0 unspecified atom stereocenters. The quantitative estimate of drug-likeness (QED) is 0.377. The molecule has 0 aromatic carbocycles. The minimum absolute atomic E-state index is 0.295. The van der Waals surface area contributed by atoms with Crippen LogP contribution in [0.2, 0.25) is 0 Å². The molecule has 4 heteroatoms. The summed E-state index contributed by atoms with van der Waals surface area (Å²) in [5.41, 5.74) is 0. The van der Waals surface area contributed by atoms with Gasteiger partial charge in [-0.1, -0.05) is 0 Å². The van der Waals surface area contributed by atoms with Crippen molar-refractivity contribution in [2.45, 2.75) is 0 Å². The summed E-state index contributed by atoms with van der Waals surface area (Å²) in [7, 11) is 1.50. The van der Waals surface area contributed by atoms with Crippen LogP contribution in [-0.4, -0.2) is 18.1 Å². The van der Waals surface area contributed by atoms with Gasteiger partial charge in [0.2, 0.25) is 5.88 Å². The Labute approximate surface area is 75.5 Å². The number of carbonyl (C=O) groups excluding carboxylic acids is 1. The lowest BCUT2D eigenvalue weighted by atomic mass is 10.4. The highest BCUT2D eigenvalue weighted by molar-refractivity contribution is 5.89. The van der Waals surface area contributed by atoms with Gasteiger partial charge >= 0.3 is 5.97 Å². The van der Waals surface area contributed by atoms with Crippen molar-refractivity contribution in [2.75, 3.05) is 7.11 Å². The zero-order chi connectivity index (χ0) is 9.68. The average Bonchev–Trinajstić information content (AvgIpc) is 2.19. The average molecular weight is 177 g/mol. The first-order chi connectivity index (χ1) is 6.26. The van der Waals surface area contributed by atoms with Gasteiger partial charge in [-0.2, -0.15) is 0 Å². The predicted octanol–water partition coefficient (Wildman–Crippen LogP) is 0.629. The number of rotatable bonds is 2. The van der Waals surface area contributed by atoms with Gasteiger partial charge in [0.15, 0.2) is 0 Å². The Morgan fingerprint density at radius 3 is 2.85 bits per heavy atom. The molecule has 0 aliphatic carbocycles. The molecule has 0 saturated heterocycles. The first kappa shape index (κ1) is 9.07. The molecule has 1 heterocycles. The molecule has 1 rings (SSSR count). The van der Waals surface area contributed by atoms with Crippen LogP contribution in [0.5, 0.6) is 11.6 Å². The molecule has 1 aromatic rings. The number of methoxy groups -OCH3 is 1. The molecule has 0 amide bonds. The Balaban J connectivity index is 2.71. The van der Waals surface area contributed by atoms with Gasteiger partial charge in [0.25, 0.3) is 0 Å². The third kappa shape index (κ3) is 2.49. The second-order valence-electron chi connectivity index (χ2n) is 2.07. The highest BCUT2D eigenvalue weighted by atomic mass is 16.5. The maximum Gasteiger partial charge on any atom is 0.389 e. The Bertz CT molecular complexity index is 337. The van der Waals surface area contributed by atoms with Gasteiger partial charge in [0.1, 0.15) is 5.75 Å². The van der Waals surface area contributed by atoms with E-state index in [0.717, 1.165) is 0 Å². The molecule has 0 aliphatic rings. The molecule has 0 saturated carbocycles. The van der Waals surface area contributed by atoms with Crippen LogP contribution in [0.4, 0.5) is 0 Å². The van der Waals surface area contributed by atoms with E-state index >= 15 is 0 Å². The van der Waals surface area contributed by atoms with Gasteiger partial charge in [0, 0.05) is 12.0 Å². The molecule has 0 atom stereocenters. The molecule has 0 aliphatic heterocycles. The van der Waals surface area contributed by atoms with Gasteiger partial charge in [-0.25, -0.2) is 9.78 Å². The summed E-state index contributed by atoms with van der Waals surface area (Å²) >= 11 is 0. The van der Waals surface area contributed by atoms with Crippen LogP contribution in [0.15, 0.2) is 18.3 Å². The van der Waals surface area contributed by atoms with E-state index in [0.29, 0.717) is 11.6 Å². The van der Waals surface area contributed by atoms with E-state index in [9.17, 15) is 4.79 Å². The summed E-state index contributed by atoms with van der Waals surface area (Å²) in [4.78, 5) is 14.4. The molecule has 66 valence electrons. The Hall–Kier alpha value is -2.02. The van der Waals surface area contributed by atoms with Crippen LogP contribution in [0.3, 0.4) is 0 Å². The van der Waals surface area contributed by atoms with Crippen molar-refractivity contribution in [3.05, 3.63) is 18.3 Å². The smallest absolute Gasteiger partial charge is 0.389 e. The van der Waals surface area contributed by atoms with Gasteiger partial charge in [-0.15, -0.1) is 6.42 Å². The van der Waals surface area contributed by atoms with E-state index in [1.807, 2.05) is 5.92 Å². The van der Waals surface area contributed by atoms with E-state index in [1.165, 1.54) is 13.3 Å². The molecule has 0 fully saturated rings. The molecular formula is C9H7NO3. The largest absolute Gasteiger partial charge is 0.481 e. The van der Waals surface area contributed by atoms with Crippen LogP contribution in [-0.2, 0) is 4.79 Å². The van der Waals surface area contributed by atoms with Crippen LogP contribution in [0.25, 0.3) is 0 Å². The minimum atomic E-state index is -0.744. The van der Waals surface area contributed by atoms with E-state index in [1.54, 1.807) is 12.1 Å². The fourth-order valence-corrected chi connectivity index (χ4v) is 0.684. The van der Waals surface area contributed by atoms with Crippen LogP contribution >= 0.6 is 0 Å². The SMILES string of the molecule is C#CC(=O)Oc1ccc(OC)nc1. The topological polar surface area (TPSA) is 48.4 Å². The van der Waals surface area contributed by atoms with Gasteiger partial charge in [-0.05, 0) is 6.07 Å². The summed E-state index contributed by atoms with van der Waals surface area (Å²) in [5.74, 6) is 1.82. The van der Waals surface area contributed by atoms with E-state index < -0.39 is 5.97 Å². The van der Waals surface area contributed by atoms with E-state index in [4.69, 9.17) is 11.2 Å². The summed E-state index contributed by atoms with van der Waals surface area (Å²) in [5, 5.41) is 0. The Kier molecular flexibility index (Phi) is 2.87. The Morgan fingerprint density at radius 1 is 1.62 bits per heavy atom. The van der Waals surface area contributed by atoms with Gasteiger partial charge < -0.3 is 9.47 Å². The maximum atomic E-state index is 10.6. The van der Waals surface area contributed by atoms with Crippen molar-refractivity contribution in [1.82, 2.24) is 4.98 Å². The normalized spacial score (nSPS) is 8.62. The molecule has 0 N–H and O–H groups in total. The number of nitrogens with zero attached hydrogens (tertiary/aromatic N) is 1. The number of pyridine rings is 1. The fourth-order valence-electron chi connectivity index (χ4n) is 0.684. The Morgan fingerprint density at radius 2 is 2.38 bits per heavy atom. The monoisotopic (exact) mass is 177 g/mol. The van der Waals surface area contributed by atoms with Crippen molar-refractivity contribution < 1.29 is 14.3 Å². The van der Waals surface area contributed by atoms with E-state index in [2.05, 4.69) is 9.72 Å². The molecule has 0 radical (unpaired) electrons. The van der Waals surface area contributed by atoms with Gasteiger partial charge in [0.05, 0.1) is 13.3 Å². The van der Waals surface area contributed by atoms with Crippen molar-refractivity contribution >= 4 is 5.97 Å². The molecule has 0 spiro atoms. The lowest BCUT2D eigenvalue weighted by molar-refractivity contribution is -0.128. The maximum absolute atomic E-state index is 10.6. The number of carbonyl (C=O) groups is 1. The number of esters is 1. The fraction of sp³-hybridized carbons (Fsp3) is 0.111. The van der Waals surface area contributed by atoms with E-state index in [-0.39, 0.29) is 0 Å². The lowest BCUT2D eigenvalue weighted by Gasteiger charge is -2.00. The standard InChI is InChI=1S/C9H7NO3/c1-3-9(11)13-7-4-5-8(12-2)10-6-7/h1,4-6H,2H3. The number of ether oxygens (including phenoxy) is 2. The number of hydrogen-bond acceptors (Lipinski definition) is 4. The van der Waals surface area contributed by atoms with Crippen LogP contribution < -0.4 is 9.47 Å².